The first-order valence-corrected chi connectivity index (χ1v) is 7.43. The number of benzene rings is 1. The minimum atomic E-state index is -4.69. The summed E-state index contributed by atoms with van der Waals surface area (Å²) in [4.78, 5) is 0. The molecule has 0 aromatic heterocycles. The van der Waals surface area contributed by atoms with E-state index in [2.05, 4.69) is 4.74 Å². The van der Waals surface area contributed by atoms with Crippen molar-refractivity contribution in [3.8, 4) is 11.5 Å². The molecule has 2 nitrogen and oxygen atoms in total. The van der Waals surface area contributed by atoms with Gasteiger partial charge in [-0.1, -0.05) is 6.07 Å². The molecule has 0 atom stereocenters. The van der Waals surface area contributed by atoms with Gasteiger partial charge in [-0.2, -0.15) is 0 Å². The summed E-state index contributed by atoms with van der Waals surface area (Å²) in [6.07, 6.45) is 0.635. The summed E-state index contributed by atoms with van der Waals surface area (Å²) in [6.45, 7) is 2.15. The van der Waals surface area contributed by atoms with Crippen LogP contribution in [0.1, 0.15) is 36.8 Å². The van der Waals surface area contributed by atoms with Crippen molar-refractivity contribution in [1.82, 2.24) is 0 Å². The third-order valence-electron chi connectivity index (χ3n) is 4.08. The zero-order valence-corrected chi connectivity index (χ0v) is 12.0. The molecule has 0 spiro atoms. The van der Waals surface area contributed by atoms with Gasteiger partial charge in [-0.25, -0.2) is 0 Å². The lowest BCUT2D eigenvalue weighted by molar-refractivity contribution is -0.275. The maximum absolute atomic E-state index is 12.6. The summed E-state index contributed by atoms with van der Waals surface area (Å²) in [5.41, 5.74) is 1.48. The van der Waals surface area contributed by atoms with Crippen LogP contribution in [-0.2, 0) is 6.42 Å². The van der Waals surface area contributed by atoms with Gasteiger partial charge in [0.15, 0.2) is 11.5 Å². The molecule has 0 bridgehead atoms. The van der Waals surface area contributed by atoms with Crippen molar-refractivity contribution in [2.24, 2.45) is 11.8 Å². The maximum Gasteiger partial charge on any atom is 0.573 e. The fourth-order valence-electron chi connectivity index (χ4n) is 2.41. The van der Waals surface area contributed by atoms with E-state index in [1.54, 1.807) is 13.0 Å². The Labute approximate surface area is 122 Å². The monoisotopic (exact) mass is 300 g/mol. The van der Waals surface area contributed by atoms with Crippen LogP contribution in [0.2, 0.25) is 0 Å². The minimum Gasteiger partial charge on any atom is -0.489 e. The molecule has 5 heteroatoms. The molecule has 0 N–H and O–H groups in total. The second kappa shape index (κ2) is 5.43. The Hall–Kier alpha value is -1.39. The predicted octanol–water partition coefficient (Wildman–Crippen LogP) is 4.63. The molecule has 0 amide bonds. The molecule has 0 heterocycles. The lowest BCUT2D eigenvalue weighted by Gasteiger charge is -2.18. The van der Waals surface area contributed by atoms with Gasteiger partial charge in [0.25, 0.3) is 0 Å². The third kappa shape index (κ3) is 4.05. The smallest absolute Gasteiger partial charge is 0.489 e. The van der Waals surface area contributed by atoms with E-state index in [1.807, 2.05) is 6.07 Å². The Morgan fingerprint density at radius 1 is 1.10 bits per heavy atom. The Balaban J connectivity index is 1.83. The Morgan fingerprint density at radius 3 is 2.33 bits per heavy atom. The Kier molecular flexibility index (Phi) is 3.76. The molecule has 2 saturated carbocycles. The van der Waals surface area contributed by atoms with Crippen LogP contribution in [0.4, 0.5) is 13.2 Å². The fraction of sp³-hybridized carbons (Fsp3) is 0.625. The molecule has 3 rings (SSSR count). The number of ether oxygens (including phenoxy) is 2. The van der Waals surface area contributed by atoms with Crippen molar-refractivity contribution in [2.45, 2.75) is 45.4 Å². The van der Waals surface area contributed by atoms with Crippen LogP contribution in [0, 0.1) is 18.8 Å². The zero-order valence-electron chi connectivity index (χ0n) is 12.0. The van der Waals surface area contributed by atoms with E-state index in [9.17, 15) is 13.2 Å². The largest absolute Gasteiger partial charge is 0.573 e. The molecule has 2 aliphatic carbocycles. The van der Waals surface area contributed by atoms with Crippen LogP contribution in [-0.4, -0.2) is 13.0 Å². The lowest BCUT2D eigenvalue weighted by atomic mass is 10.0. The maximum atomic E-state index is 12.6. The van der Waals surface area contributed by atoms with Gasteiger partial charge in [0.1, 0.15) is 0 Å². The predicted molar refractivity (Wildman–Crippen MR) is 72.5 cm³/mol. The van der Waals surface area contributed by atoms with Gasteiger partial charge in [-0.15, -0.1) is 13.2 Å². The molecule has 0 unspecified atom stereocenters. The van der Waals surface area contributed by atoms with Gasteiger partial charge in [-0.05, 0) is 68.1 Å². The van der Waals surface area contributed by atoms with E-state index in [0.29, 0.717) is 24.0 Å². The Morgan fingerprint density at radius 2 is 1.76 bits per heavy atom. The molecule has 1 aromatic rings. The second-order valence-corrected chi connectivity index (χ2v) is 6.13. The number of alkyl halides is 3. The molecule has 0 saturated heterocycles. The topological polar surface area (TPSA) is 18.5 Å². The summed E-state index contributed by atoms with van der Waals surface area (Å²) in [6, 6.07) is 3.49. The SMILES string of the molecule is Cc1c(CC2CC2)ccc(OCC2CC2)c1OC(F)(F)F. The normalized spacial score (nSPS) is 18.7. The molecule has 116 valence electrons. The molecule has 1 aromatic carbocycles. The number of hydrogen-bond donors (Lipinski definition) is 0. The van der Waals surface area contributed by atoms with Crippen molar-refractivity contribution in [3.63, 3.8) is 0 Å². The standard InChI is InChI=1S/C16H19F3O2/c1-10-13(8-11-2-3-11)6-7-14(20-9-12-4-5-12)15(10)21-16(17,18)19/h6-7,11-12H,2-5,8-9H2,1H3. The first kappa shape index (κ1) is 14.5. The lowest BCUT2D eigenvalue weighted by Crippen LogP contribution is -2.19. The molecule has 21 heavy (non-hydrogen) atoms. The summed E-state index contributed by atoms with van der Waals surface area (Å²) in [7, 11) is 0. The number of halogens is 3. The number of rotatable bonds is 6. The highest BCUT2D eigenvalue weighted by atomic mass is 19.4. The van der Waals surface area contributed by atoms with Gasteiger partial charge in [0.05, 0.1) is 6.61 Å². The Bertz CT molecular complexity index is 517. The molecule has 0 aliphatic heterocycles. The van der Waals surface area contributed by atoms with Crippen molar-refractivity contribution < 1.29 is 22.6 Å². The second-order valence-electron chi connectivity index (χ2n) is 6.13. The van der Waals surface area contributed by atoms with E-state index < -0.39 is 6.36 Å². The van der Waals surface area contributed by atoms with Crippen molar-refractivity contribution in [1.29, 1.82) is 0 Å². The van der Waals surface area contributed by atoms with E-state index in [0.717, 1.165) is 37.7 Å². The van der Waals surface area contributed by atoms with Crippen molar-refractivity contribution in [2.75, 3.05) is 6.61 Å². The van der Waals surface area contributed by atoms with Gasteiger partial charge >= 0.3 is 6.36 Å². The molecule has 2 fully saturated rings. The minimum absolute atomic E-state index is 0.165. The van der Waals surface area contributed by atoms with E-state index >= 15 is 0 Å². The average Bonchev–Trinajstić information content (AvgIpc) is 3.25. The highest BCUT2D eigenvalue weighted by molar-refractivity contribution is 5.50. The highest BCUT2D eigenvalue weighted by Crippen LogP contribution is 2.41. The molecule has 0 radical (unpaired) electrons. The quantitative estimate of drug-likeness (QED) is 0.762. The summed E-state index contributed by atoms with van der Waals surface area (Å²) in [5, 5.41) is 0. The van der Waals surface area contributed by atoms with Gasteiger partial charge < -0.3 is 9.47 Å². The molecular weight excluding hydrogens is 281 g/mol. The first-order chi connectivity index (χ1) is 9.92. The zero-order chi connectivity index (χ0) is 15.0. The van der Waals surface area contributed by atoms with E-state index in [1.165, 1.54) is 0 Å². The van der Waals surface area contributed by atoms with Crippen molar-refractivity contribution >= 4 is 0 Å². The van der Waals surface area contributed by atoms with Crippen LogP contribution < -0.4 is 9.47 Å². The van der Waals surface area contributed by atoms with Crippen LogP contribution in [0.25, 0.3) is 0 Å². The van der Waals surface area contributed by atoms with Gasteiger partial charge in [0.2, 0.25) is 0 Å². The highest BCUT2D eigenvalue weighted by Gasteiger charge is 2.34. The summed E-state index contributed by atoms with van der Waals surface area (Å²) in [5.74, 6) is 1.13. The summed E-state index contributed by atoms with van der Waals surface area (Å²) < 4.78 is 47.7. The van der Waals surface area contributed by atoms with Crippen LogP contribution in [0.5, 0.6) is 11.5 Å². The third-order valence-corrected chi connectivity index (χ3v) is 4.08. The van der Waals surface area contributed by atoms with Crippen LogP contribution in [0.3, 0.4) is 0 Å². The van der Waals surface area contributed by atoms with Gasteiger partial charge in [0, 0.05) is 0 Å². The fourth-order valence-corrected chi connectivity index (χ4v) is 2.41. The van der Waals surface area contributed by atoms with E-state index in [-0.39, 0.29) is 11.5 Å². The first-order valence-electron chi connectivity index (χ1n) is 7.43. The van der Waals surface area contributed by atoms with E-state index in [4.69, 9.17) is 4.74 Å². The average molecular weight is 300 g/mol. The molecule has 2 aliphatic rings. The van der Waals surface area contributed by atoms with Gasteiger partial charge in [-0.3, -0.25) is 0 Å². The molecular formula is C16H19F3O2. The summed E-state index contributed by atoms with van der Waals surface area (Å²) >= 11 is 0. The number of hydrogen-bond acceptors (Lipinski definition) is 2. The van der Waals surface area contributed by atoms with Crippen LogP contribution >= 0.6 is 0 Å². The van der Waals surface area contributed by atoms with Crippen molar-refractivity contribution in [3.05, 3.63) is 23.3 Å². The van der Waals surface area contributed by atoms with Crippen LogP contribution in [0.15, 0.2) is 12.1 Å².